The van der Waals surface area contributed by atoms with Gasteiger partial charge in [-0.05, 0) is 52.6 Å². The fraction of sp³-hybridized carbons (Fsp3) is 0.609. The molecule has 0 spiro atoms. The standard InChI is InChI=1S/C23H33F2N5O3/c1-22(2,3)33-21(31)29-9-7-17(8-10-29)12-28(4)13-23(32,14-30-16-26-15-27-30)19-6-5-18(24)11-20(19)25/h5-6,11,15-17,32H,7-10,12-14H2,1-4H3. The van der Waals surface area contributed by atoms with E-state index in [4.69, 9.17) is 4.74 Å². The summed E-state index contributed by atoms with van der Waals surface area (Å²) in [5.74, 6) is -1.21. The van der Waals surface area contributed by atoms with Crippen LogP contribution < -0.4 is 0 Å². The number of nitrogens with zero attached hydrogens (tertiary/aromatic N) is 5. The van der Waals surface area contributed by atoms with Crippen molar-refractivity contribution in [1.29, 1.82) is 0 Å². The molecule has 0 bridgehead atoms. The minimum Gasteiger partial charge on any atom is -0.444 e. The molecule has 0 radical (unpaired) electrons. The molecule has 0 aliphatic carbocycles. The Morgan fingerprint density at radius 1 is 1.27 bits per heavy atom. The van der Waals surface area contributed by atoms with E-state index in [0.29, 0.717) is 25.6 Å². The SMILES string of the molecule is CN(CC1CCN(C(=O)OC(C)(C)C)CC1)CC(O)(Cn1cncn1)c1ccc(F)cc1F. The Hall–Kier alpha value is -2.59. The van der Waals surface area contributed by atoms with E-state index in [-0.39, 0.29) is 24.7 Å². The molecular weight excluding hydrogens is 432 g/mol. The molecule has 1 aromatic heterocycles. The molecule has 1 fully saturated rings. The summed E-state index contributed by atoms with van der Waals surface area (Å²) in [6, 6.07) is 3.18. The van der Waals surface area contributed by atoms with Crippen LogP contribution in [0.15, 0.2) is 30.9 Å². The summed E-state index contributed by atoms with van der Waals surface area (Å²) in [5, 5.41) is 15.5. The Morgan fingerprint density at radius 3 is 2.55 bits per heavy atom. The predicted molar refractivity (Wildman–Crippen MR) is 118 cm³/mol. The summed E-state index contributed by atoms with van der Waals surface area (Å²) in [6.45, 7) is 7.47. The van der Waals surface area contributed by atoms with E-state index in [9.17, 15) is 18.7 Å². The van der Waals surface area contributed by atoms with E-state index in [1.807, 2.05) is 32.7 Å². The van der Waals surface area contributed by atoms with E-state index in [1.165, 1.54) is 23.4 Å². The van der Waals surface area contributed by atoms with Crippen molar-refractivity contribution in [2.45, 2.75) is 51.4 Å². The number of hydrogen-bond acceptors (Lipinski definition) is 6. The number of hydrogen-bond donors (Lipinski definition) is 1. The van der Waals surface area contributed by atoms with Crippen molar-refractivity contribution in [2.75, 3.05) is 33.2 Å². The monoisotopic (exact) mass is 465 g/mol. The molecule has 2 aromatic rings. The fourth-order valence-corrected chi connectivity index (χ4v) is 4.25. The highest BCUT2D eigenvalue weighted by molar-refractivity contribution is 5.68. The Morgan fingerprint density at radius 2 is 1.97 bits per heavy atom. The van der Waals surface area contributed by atoms with Crippen molar-refractivity contribution in [3.8, 4) is 0 Å². The van der Waals surface area contributed by atoms with Crippen LogP contribution in [0.4, 0.5) is 13.6 Å². The first-order valence-electron chi connectivity index (χ1n) is 11.1. The molecule has 1 aliphatic heterocycles. The van der Waals surface area contributed by atoms with Gasteiger partial charge in [0.1, 0.15) is 35.5 Å². The van der Waals surface area contributed by atoms with Crippen molar-refractivity contribution < 1.29 is 23.4 Å². The first kappa shape index (κ1) is 25.0. The molecular formula is C23H33F2N5O3. The second-order valence-corrected chi connectivity index (χ2v) is 9.86. The number of amides is 1. The van der Waals surface area contributed by atoms with E-state index in [0.717, 1.165) is 25.0 Å². The molecule has 1 amide bonds. The molecule has 1 aliphatic rings. The number of benzene rings is 1. The molecule has 2 heterocycles. The molecule has 1 unspecified atom stereocenters. The van der Waals surface area contributed by atoms with Gasteiger partial charge in [-0.1, -0.05) is 6.07 Å². The molecule has 1 saturated heterocycles. The lowest BCUT2D eigenvalue weighted by molar-refractivity contribution is -0.0209. The van der Waals surface area contributed by atoms with Gasteiger partial charge in [0.2, 0.25) is 0 Å². The summed E-state index contributed by atoms with van der Waals surface area (Å²) in [6.07, 6.45) is 4.08. The van der Waals surface area contributed by atoms with Gasteiger partial charge in [-0.3, -0.25) is 0 Å². The molecule has 1 atom stereocenters. The van der Waals surface area contributed by atoms with E-state index >= 15 is 0 Å². The van der Waals surface area contributed by atoms with Gasteiger partial charge < -0.3 is 19.6 Å². The Bertz CT molecular complexity index is 927. The van der Waals surface area contributed by atoms with Crippen LogP contribution in [0.25, 0.3) is 0 Å². The highest BCUT2D eigenvalue weighted by atomic mass is 19.1. The first-order chi connectivity index (χ1) is 15.4. The number of aromatic nitrogens is 3. The van der Waals surface area contributed by atoms with Gasteiger partial charge in [-0.25, -0.2) is 23.2 Å². The molecule has 10 heteroatoms. The normalized spacial score (nSPS) is 17.3. The number of likely N-dealkylation sites (N-methyl/N-ethyl adjacent to an activating group) is 1. The lowest BCUT2D eigenvalue weighted by Crippen LogP contribution is -2.47. The minimum atomic E-state index is -1.64. The smallest absolute Gasteiger partial charge is 0.410 e. The third-order valence-corrected chi connectivity index (χ3v) is 5.69. The predicted octanol–water partition coefficient (Wildman–Crippen LogP) is 3.02. The average molecular weight is 466 g/mol. The number of carbonyl (C=O) groups excluding carboxylic acids is 1. The van der Waals surface area contributed by atoms with Gasteiger partial charge >= 0.3 is 6.09 Å². The topological polar surface area (TPSA) is 83.7 Å². The van der Waals surface area contributed by atoms with Crippen LogP contribution in [0, 0.1) is 17.6 Å². The van der Waals surface area contributed by atoms with Crippen LogP contribution in [0.1, 0.15) is 39.2 Å². The Balaban J connectivity index is 1.63. The minimum absolute atomic E-state index is 0.00555. The number of aliphatic hydroxyl groups is 1. The fourth-order valence-electron chi connectivity index (χ4n) is 4.25. The Kier molecular flexibility index (Phi) is 7.69. The summed E-state index contributed by atoms with van der Waals surface area (Å²) in [7, 11) is 1.86. The van der Waals surface area contributed by atoms with Gasteiger partial charge in [0, 0.05) is 37.8 Å². The maximum Gasteiger partial charge on any atom is 0.410 e. The lowest BCUT2D eigenvalue weighted by Gasteiger charge is -2.37. The highest BCUT2D eigenvalue weighted by Gasteiger charge is 2.36. The van der Waals surface area contributed by atoms with Crippen molar-refractivity contribution in [3.05, 3.63) is 48.1 Å². The summed E-state index contributed by atoms with van der Waals surface area (Å²) >= 11 is 0. The molecule has 8 nitrogen and oxygen atoms in total. The van der Waals surface area contributed by atoms with Crippen molar-refractivity contribution in [2.24, 2.45) is 5.92 Å². The number of rotatable bonds is 7. The lowest BCUT2D eigenvalue weighted by atomic mass is 9.91. The second kappa shape index (κ2) is 10.1. The van der Waals surface area contributed by atoms with Crippen LogP contribution in [-0.4, -0.2) is 74.6 Å². The van der Waals surface area contributed by atoms with Crippen LogP contribution in [-0.2, 0) is 16.9 Å². The molecule has 1 aromatic carbocycles. The molecule has 33 heavy (non-hydrogen) atoms. The quantitative estimate of drug-likeness (QED) is 0.677. The molecule has 1 N–H and O–H groups in total. The van der Waals surface area contributed by atoms with Crippen LogP contribution in [0.5, 0.6) is 0 Å². The van der Waals surface area contributed by atoms with Gasteiger partial charge in [0.25, 0.3) is 0 Å². The van der Waals surface area contributed by atoms with Crippen LogP contribution >= 0.6 is 0 Å². The third-order valence-electron chi connectivity index (χ3n) is 5.69. The third kappa shape index (κ3) is 6.94. The number of carbonyl (C=O) groups is 1. The maximum absolute atomic E-state index is 14.6. The second-order valence-electron chi connectivity index (χ2n) is 9.86. The average Bonchev–Trinajstić information content (AvgIpc) is 3.19. The van der Waals surface area contributed by atoms with Crippen molar-refractivity contribution in [3.63, 3.8) is 0 Å². The van der Waals surface area contributed by atoms with Crippen LogP contribution in [0.2, 0.25) is 0 Å². The van der Waals surface area contributed by atoms with Crippen LogP contribution in [0.3, 0.4) is 0 Å². The summed E-state index contributed by atoms with van der Waals surface area (Å²) in [4.78, 5) is 19.8. The number of piperidine rings is 1. The number of likely N-dealkylation sites (tertiary alicyclic amines) is 1. The summed E-state index contributed by atoms with van der Waals surface area (Å²) in [5.41, 5.74) is -2.17. The van der Waals surface area contributed by atoms with Gasteiger partial charge in [-0.15, -0.1) is 0 Å². The van der Waals surface area contributed by atoms with E-state index in [2.05, 4.69) is 10.1 Å². The first-order valence-corrected chi connectivity index (χ1v) is 11.1. The molecule has 0 saturated carbocycles. The van der Waals surface area contributed by atoms with E-state index in [1.54, 1.807) is 4.90 Å². The zero-order valence-electron chi connectivity index (χ0n) is 19.7. The Labute approximate surface area is 193 Å². The van der Waals surface area contributed by atoms with Crippen molar-refractivity contribution >= 4 is 6.09 Å². The van der Waals surface area contributed by atoms with Gasteiger partial charge in [0.05, 0.1) is 6.54 Å². The largest absolute Gasteiger partial charge is 0.444 e. The number of ether oxygens (including phenoxy) is 1. The summed E-state index contributed by atoms with van der Waals surface area (Å²) < 4.78 is 34.9. The highest BCUT2D eigenvalue weighted by Crippen LogP contribution is 2.29. The van der Waals surface area contributed by atoms with Gasteiger partial charge in [-0.2, -0.15) is 5.10 Å². The molecule has 3 rings (SSSR count). The van der Waals surface area contributed by atoms with Gasteiger partial charge in [0.15, 0.2) is 0 Å². The zero-order chi connectivity index (χ0) is 24.2. The molecule has 182 valence electrons. The zero-order valence-corrected chi connectivity index (χ0v) is 19.7. The van der Waals surface area contributed by atoms with E-state index < -0.39 is 22.8 Å². The maximum atomic E-state index is 14.6. The number of halogens is 2. The van der Waals surface area contributed by atoms with Crippen molar-refractivity contribution in [1.82, 2.24) is 24.6 Å².